The van der Waals surface area contributed by atoms with E-state index in [1.54, 1.807) is 0 Å². The third-order valence-corrected chi connectivity index (χ3v) is 2.33. The summed E-state index contributed by atoms with van der Waals surface area (Å²) in [5.74, 6) is 0. The topological polar surface area (TPSA) is 0 Å². The van der Waals surface area contributed by atoms with Gasteiger partial charge in [-0.1, -0.05) is 196 Å². The van der Waals surface area contributed by atoms with Gasteiger partial charge in [-0.3, -0.25) is 0 Å². The monoisotopic (exact) mass is 494 g/mol. The van der Waals surface area contributed by atoms with Gasteiger partial charge in [0, 0.05) is 0 Å². The van der Waals surface area contributed by atoms with Crippen LogP contribution in [0.2, 0.25) is 0 Å². The predicted molar refractivity (Wildman–Crippen MR) is 171 cm³/mol. The van der Waals surface area contributed by atoms with Gasteiger partial charge in [0.05, 0.1) is 0 Å². The zero-order valence-electron chi connectivity index (χ0n) is 27.1. The molecule has 0 bridgehead atoms. The van der Waals surface area contributed by atoms with Crippen molar-refractivity contribution in [3.63, 3.8) is 0 Å². The fourth-order valence-corrected chi connectivity index (χ4v) is 1.52. The molecule has 206 valence electrons. The molecular formula is C36H62. The van der Waals surface area contributed by atoms with Gasteiger partial charge in [0.2, 0.25) is 0 Å². The summed E-state index contributed by atoms with van der Waals surface area (Å²) in [5.41, 5.74) is 2.00. The van der Waals surface area contributed by atoms with E-state index in [0.717, 1.165) is 0 Å². The van der Waals surface area contributed by atoms with Crippen LogP contribution >= 0.6 is 0 Å². The lowest BCUT2D eigenvalue weighted by molar-refractivity contribution is 0.469. The lowest BCUT2D eigenvalue weighted by Crippen LogP contribution is -1.93. The molecule has 0 heteroatoms. The molecule has 0 atom stereocenters. The number of rotatable bonds is 0. The molecule has 3 aromatic rings. The van der Waals surface area contributed by atoms with E-state index in [1.165, 1.54) is 10.8 Å². The molecule has 0 aliphatic carbocycles. The average Bonchev–Trinajstić information content (AvgIpc) is 2.65. The van der Waals surface area contributed by atoms with Crippen LogP contribution in [0.3, 0.4) is 0 Å². The smallest absolute Gasteiger partial charge is 0.0184 e. The molecular weight excluding hydrogens is 432 g/mol. The Morgan fingerprint density at radius 2 is 0.361 bits per heavy atom. The SMILES string of the molecule is CC(C)(C)C.CC(C)(C)C.CC(C)(C)C.CC(C)(C)C.c1ccc2ccccc2c1.c1ccccc1. The minimum absolute atomic E-state index is 0.500. The van der Waals surface area contributed by atoms with Crippen molar-refractivity contribution in [1.82, 2.24) is 0 Å². The van der Waals surface area contributed by atoms with Gasteiger partial charge in [0.25, 0.3) is 0 Å². The Balaban J connectivity index is -0.000000376. The number of benzene rings is 3. The molecule has 0 amide bonds. The van der Waals surface area contributed by atoms with Gasteiger partial charge in [0.1, 0.15) is 0 Å². The number of fused-ring (bicyclic) bond motifs is 1. The van der Waals surface area contributed by atoms with Gasteiger partial charge in [-0.25, -0.2) is 0 Å². The quantitative estimate of drug-likeness (QED) is 0.291. The Labute approximate surface area is 227 Å². The van der Waals surface area contributed by atoms with Crippen LogP contribution in [-0.4, -0.2) is 0 Å². The average molecular weight is 495 g/mol. The van der Waals surface area contributed by atoms with E-state index in [2.05, 4.69) is 159 Å². The fourth-order valence-electron chi connectivity index (χ4n) is 1.52. The van der Waals surface area contributed by atoms with Crippen LogP contribution in [0.25, 0.3) is 10.8 Å². The van der Waals surface area contributed by atoms with E-state index < -0.39 is 0 Å². The molecule has 0 nitrogen and oxygen atoms in total. The van der Waals surface area contributed by atoms with Crippen LogP contribution in [0, 0.1) is 21.7 Å². The minimum atomic E-state index is 0.500. The Morgan fingerprint density at radius 1 is 0.250 bits per heavy atom. The first-order chi connectivity index (χ1) is 16.0. The van der Waals surface area contributed by atoms with E-state index in [-0.39, 0.29) is 0 Å². The highest BCUT2D eigenvalue weighted by atomic mass is 14.0. The maximum Gasteiger partial charge on any atom is -0.0184 e. The molecule has 0 spiro atoms. The van der Waals surface area contributed by atoms with Crippen molar-refractivity contribution in [3.05, 3.63) is 84.9 Å². The van der Waals surface area contributed by atoms with Crippen LogP contribution < -0.4 is 0 Å². The normalized spacial score (nSPS) is 10.8. The molecule has 3 aromatic carbocycles. The summed E-state index contributed by atoms with van der Waals surface area (Å²) in [6.07, 6.45) is 0. The van der Waals surface area contributed by atoms with Gasteiger partial charge >= 0.3 is 0 Å². The molecule has 0 saturated carbocycles. The first-order valence-electron chi connectivity index (χ1n) is 13.4. The molecule has 0 saturated heterocycles. The maximum absolute atomic E-state index is 2.19. The summed E-state index contributed by atoms with van der Waals surface area (Å²) in [5, 5.41) is 2.62. The first kappa shape index (κ1) is 38.5. The second-order valence-electron chi connectivity index (χ2n) is 15.5. The first-order valence-corrected chi connectivity index (χ1v) is 13.4. The summed E-state index contributed by atoms with van der Waals surface area (Å²) in [6.45, 7) is 35.0. The summed E-state index contributed by atoms with van der Waals surface area (Å²) < 4.78 is 0. The third-order valence-electron chi connectivity index (χ3n) is 2.33. The molecule has 0 aromatic heterocycles. The van der Waals surface area contributed by atoms with Gasteiger partial charge < -0.3 is 0 Å². The highest BCUT2D eigenvalue weighted by Gasteiger charge is 1.97. The molecule has 0 N–H and O–H groups in total. The lowest BCUT2D eigenvalue weighted by atomic mass is 10.0. The summed E-state index contributed by atoms with van der Waals surface area (Å²) >= 11 is 0. The molecule has 0 radical (unpaired) electrons. The van der Waals surface area contributed by atoms with Gasteiger partial charge in [0.15, 0.2) is 0 Å². The highest BCUT2D eigenvalue weighted by molar-refractivity contribution is 5.81. The van der Waals surface area contributed by atoms with E-state index in [0.29, 0.717) is 21.7 Å². The molecule has 0 aliphatic heterocycles. The van der Waals surface area contributed by atoms with Crippen molar-refractivity contribution in [2.24, 2.45) is 21.7 Å². The second-order valence-corrected chi connectivity index (χ2v) is 15.5. The Morgan fingerprint density at radius 3 is 0.472 bits per heavy atom. The molecule has 3 rings (SSSR count). The van der Waals surface area contributed by atoms with Crippen molar-refractivity contribution in [2.75, 3.05) is 0 Å². The molecule has 0 unspecified atom stereocenters. The molecule has 0 heterocycles. The number of hydrogen-bond donors (Lipinski definition) is 0. The Bertz CT molecular complexity index is 680. The Hall–Kier alpha value is -2.08. The molecule has 0 aliphatic rings. The van der Waals surface area contributed by atoms with E-state index in [4.69, 9.17) is 0 Å². The van der Waals surface area contributed by atoms with Crippen LogP contribution in [-0.2, 0) is 0 Å². The van der Waals surface area contributed by atoms with Crippen molar-refractivity contribution >= 4 is 10.8 Å². The van der Waals surface area contributed by atoms with E-state index >= 15 is 0 Å². The highest BCUT2D eigenvalue weighted by Crippen LogP contribution is 2.11. The molecule has 0 fully saturated rings. The summed E-state index contributed by atoms with van der Waals surface area (Å²) in [7, 11) is 0. The zero-order valence-corrected chi connectivity index (χ0v) is 27.1. The van der Waals surface area contributed by atoms with Gasteiger partial charge in [-0.15, -0.1) is 0 Å². The van der Waals surface area contributed by atoms with Crippen molar-refractivity contribution in [3.8, 4) is 0 Å². The van der Waals surface area contributed by atoms with Crippen LogP contribution in [0.1, 0.15) is 111 Å². The fraction of sp³-hybridized carbons (Fsp3) is 0.556. The van der Waals surface area contributed by atoms with Crippen molar-refractivity contribution < 1.29 is 0 Å². The van der Waals surface area contributed by atoms with Crippen LogP contribution in [0.5, 0.6) is 0 Å². The van der Waals surface area contributed by atoms with Crippen molar-refractivity contribution in [1.29, 1.82) is 0 Å². The zero-order chi connectivity index (χ0) is 29.1. The van der Waals surface area contributed by atoms with Gasteiger partial charge in [-0.05, 0) is 32.4 Å². The largest absolute Gasteiger partial charge is 0.0623 e. The predicted octanol–water partition coefficient (Wildman–Crippen LogP) is 12.7. The molecule has 36 heavy (non-hydrogen) atoms. The summed E-state index contributed by atoms with van der Waals surface area (Å²) in [4.78, 5) is 0. The lowest BCUT2D eigenvalue weighted by Gasteiger charge is -2.05. The number of hydrogen-bond acceptors (Lipinski definition) is 0. The summed E-state index contributed by atoms with van der Waals surface area (Å²) in [6, 6.07) is 28.7. The second kappa shape index (κ2) is 19.1. The van der Waals surface area contributed by atoms with Gasteiger partial charge in [-0.2, -0.15) is 0 Å². The van der Waals surface area contributed by atoms with Crippen LogP contribution in [0.4, 0.5) is 0 Å². The maximum atomic E-state index is 2.19. The Kier molecular flexibility index (Phi) is 20.4. The van der Waals surface area contributed by atoms with E-state index in [1.807, 2.05) is 36.4 Å². The third kappa shape index (κ3) is 63.5. The van der Waals surface area contributed by atoms with E-state index in [9.17, 15) is 0 Å². The standard InChI is InChI=1S/C10H8.C6H6.4C5H12/c1-2-6-10-8-4-3-7-9(10)5-1;1-2-4-6-5-3-1;4*1-5(2,3)4/h1-8H;1-6H;4*1-4H3. The minimum Gasteiger partial charge on any atom is -0.0623 e. The van der Waals surface area contributed by atoms with Crippen LogP contribution in [0.15, 0.2) is 84.9 Å². The van der Waals surface area contributed by atoms with Crippen molar-refractivity contribution in [2.45, 2.75) is 111 Å².